The molecule has 0 saturated heterocycles. The van der Waals surface area contributed by atoms with Gasteiger partial charge in [-0.2, -0.15) is 0 Å². The molecule has 3 nitrogen and oxygen atoms in total. The summed E-state index contributed by atoms with van der Waals surface area (Å²) in [7, 11) is 0. The van der Waals surface area contributed by atoms with Gasteiger partial charge in [0.1, 0.15) is 5.82 Å². The van der Waals surface area contributed by atoms with E-state index in [0.29, 0.717) is 0 Å². The fourth-order valence-corrected chi connectivity index (χ4v) is 1.69. The van der Waals surface area contributed by atoms with E-state index < -0.39 is 0 Å². The second-order valence-electron chi connectivity index (χ2n) is 3.76. The lowest BCUT2D eigenvalue weighted by atomic mass is 10.3. The molecule has 0 atom stereocenters. The Labute approximate surface area is 96.1 Å². The Morgan fingerprint density at radius 1 is 1.25 bits per heavy atom. The highest BCUT2D eigenvalue weighted by molar-refractivity contribution is 5.42. The molecular formula is C13H17N3. The number of rotatable bonds is 5. The van der Waals surface area contributed by atoms with Crippen molar-refractivity contribution < 1.29 is 0 Å². The maximum Gasteiger partial charge on any atom is 0.128 e. The molecule has 84 valence electrons. The lowest BCUT2D eigenvalue weighted by Crippen LogP contribution is -2.08. The molecule has 1 aromatic carbocycles. The molecule has 0 bridgehead atoms. The van der Waals surface area contributed by atoms with Crippen LogP contribution in [0, 0.1) is 0 Å². The van der Waals surface area contributed by atoms with E-state index in [1.54, 1.807) is 0 Å². The SMILES string of the molecule is CCCn1ccnc1CNc1ccccc1. The van der Waals surface area contributed by atoms with Gasteiger partial charge in [-0.25, -0.2) is 4.98 Å². The van der Waals surface area contributed by atoms with E-state index in [1.807, 2.05) is 30.6 Å². The fourth-order valence-electron chi connectivity index (χ4n) is 1.69. The third-order valence-electron chi connectivity index (χ3n) is 2.49. The normalized spacial score (nSPS) is 10.3. The van der Waals surface area contributed by atoms with Crippen LogP contribution in [0.3, 0.4) is 0 Å². The topological polar surface area (TPSA) is 29.9 Å². The number of nitrogens with zero attached hydrogens (tertiary/aromatic N) is 2. The number of anilines is 1. The number of aryl methyl sites for hydroxylation is 1. The van der Waals surface area contributed by atoms with Crippen molar-refractivity contribution in [2.75, 3.05) is 5.32 Å². The van der Waals surface area contributed by atoms with Crippen LogP contribution in [0.25, 0.3) is 0 Å². The number of nitrogens with one attached hydrogen (secondary N) is 1. The van der Waals surface area contributed by atoms with Gasteiger partial charge < -0.3 is 9.88 Å². The highest BCUT2D eigenvalue weighted by Gasteiger charge is 2.00. The number of aromatic nitrogens is 2. The summed E-state index contributed by atoms with van der Waals surface area (Å²) in [5.41, 5.74) is 1.13. The molecule has 0 aliphatic rings. The summed E-state index contributed by atoms with van der Waals surface area (Å²) in [5.74, 6) is 1.09. The third kappa shape index (κ3) is 2.63. The molecular weight excluding hydrogens is 198 g/mol. The second-order valence-corrected chi connectivity index (χ2v) is 3.76. The van der Waals surface area contributed by atoms with E-state index in [9.17, 15) is 0 Å². The van der Waals surface area contributed by atoms with Crippen LogP contribution in [0.5, 0.6) is 0 Å². The first-order chi connectivity index (χ1) is 7.90. The van der Waals surface area contributed by atoms with Crippen LogP contribution < -0.4 is 5.32 Å². The van der Waals surface area contributed by atoms with Crippen LogP contribution in [0.15, 0.2) is 42.7 Å². The van der Waals surface area contributed by atoms with E-state index in [1.165, 1.54) is 0 Å². The van der Waals surface area contributed by atoms with E-state index in [-0.39, 0.29) is 0 Å². The molecule has 1 heterocycles. The van der Waals surface area contributed by atoms with Crippen molar-refractivity contribution in [3.8, 4) is 0 Å². The minimum Gasteiger partial charge on any atom is -0.378 e. The molecule has 1 aromatic heterocycles. The molecule has 2 aromatic rings. The number of hydrogen-bond donors (Lipinski definition) is 1. The first-order valence-corrected chi connectivity index (χ1v) is 5.69. The monoisotopic (exact) mass is 215 g/mol. The highest BCUT2D eigenvalue weighted by atomic mass is 15.1. The largest absolute Gasteiger partial charge is 0.378 e. The van der Waals surface area contributed by atoms with Crippen molar-refractivity contribution in [2.45, 2.75) is 26.4 Å². The van der Waals surface area contributed by atoms with Crippen molar-refractivity contribution in [1.29, 1.82) is 0 Å². The molecule has 2 rings (SSSR count). The predicted molar refractivity (Wildman–Crippen MR) is 66.3 cm³/mol. The number of para-hydroxylation sites is 1. The first-order valence-electron chi connectivity index (χ1n) is 5.69. The molecule has 3 heteroatoms. The predicted octanol–water partition coefficient (Wildman–Crippen LogP) is 2.91. The van der Waals surface area contributed by atoms with Crippen LogP contribution in [0.1, 0.15) is 19.2 Å². The fraction of sp³-hybridized carbons (Fsp3) is 0.308. The zero-order valence-electron chi connectivity index (χ0n) is 9.56. The minimum atomic E-state index is 0.775. The summed E-state index contributed by atoms with van der Waals surface area (Å²) in [6.45, 7) is 3.98. The van der Waals surface area contributed by atoms with Gasteiger partial charge >= 0.3 is 0 Å². The first kappa shape index (κ1) is 10.7. The van der Waals surface area contributed by atoms with Gasteiger partial charge in [0.15, 0.2) is 0 Å². The lowest BCUT2D eigenvalue weighted by molar-refractivity contribution is 0.644. The maximum atomic E-state index is 4.35. The Morgan fingerprint density at radius 2 is 2.06 bits per heavy atom. The summed E-state index contributed by atoms with van der Waals surface area (Å²) < 4.78 is 2.19. The quantitative estimate of drug-likeness (QED) is 0.831. The van der Waals surface area contributed by atoms with Crippen LogP contribution in [0.2, 0.25) is 0 Å². The van der Waals surface area contributed by atoms with Gasteiger partial charge in [0.25, 0.3) is 0 Å². The van der Waals surface area contributed by atoms with E-state index in [0.717, 1.165) is 31.0 Å². The maximum absolute atomic E-state index is 4.35. The average Bonchev–Trinajstić information content (AvgIpc) is 2.76. The molecule has 16 heavy (non-hydrogen) atoms. The van der Waals surface area contributed by atoms with Gasteiger partial charge in [0.05, 0.1) is 6.54 Å². The van der Waals surface area contributed by atoms with Crippen molar-refractivity contribution in [1.82, 2.24) is 9.55 Å². The molecule has 0 amide bonds. The summed E-state index contributed by atoms with van der Waals surface area (Å²) in [6, 6.07) is 10.2. The molecule has 0 aliphatic carbocycles. The summed E-state index contributed by atoms with van der Waals surface area (Å²) in [5, 5.41) is 3.36. The van der Waals surface area contributed by atoms with Gasteiger partial charge in [0, 0.05) is 24.6 Å². The third-order valence-corrected chi connectivity index (χ3v) is 2.49. The minimum absolute atomic E-state index is 0.775. The van der Waals surface area contributed by atoms with Crippen LogP contribution in [-0.2, 0) is 13.1 Å². The van der Waals surface area contributed by atoms with Gasteiger partial charge in [-0.3, -0.25) is 0 Å². The average molecular weight is 215 g/mol. The van der Waals surface area contributed by atoms with Crippen LogP contribution in [-0.4, -0.2) is 9.55 Å². The van der Waals surface area contributed by atoms with Crippen molar-refractivity contribution in [2.24, 2.45) is 0 Å². The zero-order chi connectivity index (χ0) is 11.2. The highest BCUT2D eigenvalue weighted by Crippen LogP contribution is 2.07. The van der Waals surface area contributed by atoms with Gasteiger partial charge in [-0.05, 0) is 18.6 Å². The summed E-state index contributed by atoms with van der Waals surface area (Å²) >= 11 is 0. The van der Waals surface area contributed by atoms with Crippen molar-refractivity contribution >= 4 is 5.69 Å². The van der Waals surface area contributed by atoms with Crippen molar-refractivity contribution in [3.63, 3.8) is 0 Å². The molecule has 0 fully saturated rings. The second kappa shape index (κ2) is 5.35. The molecule has 0 radical (unpaired) electrons. The lowest BCUT2D eigenvalue weighted by Gasteiger charge is -2.08. The number of hydrogen-bond acceptors (Lipinski definition) is 2. The van der Waals surface area contributed by atoms with Gasteiger partial charge in [-0.15, -0.1) is 0 Å². The van der Waals surface area contributed by atoms with Gasteiger partial charge in [-0.1, -0.05) is 25.1 Å². The summed E-state index contributed by atoms with van der Waals surface area (Å²) in [6.07, 6.45) is 5.03. The number of benzene rings is 1. The Bertz CT molecular complexity index is 420. The van der Waals surface area contributed by atoms with Crippen LogP contribution >= 0.6 is 0 Å². The molecule has 0 spiro atoms. The Morgan fingerprint density at radius 3 is 2.81 bits per heavy atom. The smallest absolute Gasteiger partial charge is 0.128 e. The summed E-state index contributed by atoms with van der Waals surface area (Å²) in [4.78, 5) is 4.35. The standard InChI is InChI=1S/C13H17N3/c1-2-9-16-10-8-14-13(16)11-15-12-6-4-3-5-7-12/h3-8,10,15H,2,9,11H2,1H3. The molecule has 0 saturated carbocycles. The molecule has 0 aliphatic heterocycles. The van der Waals surface area contributed by atoms with E-state index in [4.69, 9.17) is 0 Å². The molecule has 1 N–H and O–H groups in total. The van der Waals surface area contributed by atoms with E-state index in [2.05, 4.69) is 33.9 Å². The van der Waals surface area contributed by atoms with Crippen molar-refractivity contribution in [3.05, 3.63) is 48.5 Å². The van der Waals surface area contributed by atoms with Gasteiger partial charge in [0.2, 0.25) is 0 Å². The number of imidazole rings is 1. The van der Waals surface area contributed by atoms with E-state index >= 15 is 0 Å². The molecule has 0 unspecified atom stereocenters. The zero-order valence-corrected chi connectivity index (χ0v) is 9.56. The Hall–Kier alpha value is -1.77. The Balaban J connectivity index is 1.97. The Kier molecular flexibility index (Phi) is 3.59. The van der Waals surface area contributed by atoms with Crippen LogP contribution in [0.4, 0.5) is 5.69 Å².